The lowest BCUT2D eigenvalue weighted by molar-refractivity contribution is 0.281. The summed E-state index contributed by atoms with van der Waals surface area (Å²) in [5.74, 6) is 0. The Labute approximate surface area is 118 Å². The minimum absolute atomic E-state index is 0.108. The maximum absolute atomic E-state index is 9.59. The maximum Gasteiger partial charge on any atom is 0.0702 e. The Hall–Kier alpha value is -1.32. The summed E-state index contributed by atoms with van der Waals surface area (Å²) in [6, 6.07) is 9.00. The molecule has 2 heterocycles. The van der Waals surface area contributed by atoms with Gasteiger partial charge in [0.05, 0.1) is 12.6 Å². The van der Waals surface area contributed by atoms with E-state index in [1.165, 1.54) is 21.7 Å². The van der Waals surface area contributed by atoms with Gasteiger partial charge in [0, 0.05) is 22.7 Å². The molecule has 1 aromatic heterocycles. The van der Waals surface area contributed by atoms with Crippen LogP contribution in [0.2, 0.25) is 0 Å². The van der Waals surface area contributed by atoms with Gasteiger partial charge in [-0.2, -0.15) is 0 Å². The molecular weight excluding hydrogens is 254 g/mol. The van der Waals surface area contributed by atoms with E-state index in [2.05, 4.69) is 48.4 Å². The van der Waals surface area contributed by atoms with Crippen LogP contribution in [0, 0.1) is 6.92 Å². The lowest BCUT2D eigenvalue weighted by Crippen LogP contribution is -2.33. The first-order valence-electron chi connectivity index (χ1n) is 6.74. The highest BCUT2D eigenvalue weighted by molar-refractivity contribution is 7.10. The van der Waals surface area contributed by atoms with Gasteiger partial charge in [0.2, 0.25) is 0 Å². The van der Waals surface area contributed by atoms with Crippen LogP contribution in [0.1, 0.15) is 34.5 Å². The van der Waals surface area contributed by atoms with Gasteiger partial charge < -0.3 is 10.0 Å². The van der Waals surface area contributed by atoms with Gasteiger partial charge in [0.25, 0.3) is 0 Å². The molecule has 1 unspecified atom stereocenters. The Morgan fingerprint density at radius 1 is 1.37 bits per heavy atom. The Bertz CT molecular complexity index is 590. The van der Waals surface area contributed by atoms with Gasteiger partial charge in [-0.15, -0.1) is 11.3 Å². The molecule has 1 atom stereocenters. The molecule has 1 aliphatic rings. The van der Waals surface area contributed by atoms with Crippen LogP contribution in [0.5, 0.6) is 0 Å². The lowest BCUT2D eigenvalue weighted by Gasteiger charge is -2.36. The van der Waals surface area contributed by atoms with Crippen LogP contribution in [-0.4, -0.2) is 11.7 Å². The van der Waals surface area contributed by atoms with E-state index >= 15 is 0 Å². The molecule has 0 aliphatic carbocycles. The molecular formula is C16H19NOS. The van der Waals surface area contributed by atoms with Gasteiger partial charge in [-0.25, -0.2) is 0 Å². The van der Waals surface area contributed by atoms with Gasteiger partial charge in [-0.1, -0.05) is 17.7 Å². The van der Waals surface area contributed by atoms with Crippen LogP contribution in [0.25, 0.3) is 0 Å². The first-order chi connectivity index (χ1) is 9.20. The summed E-state index contributed by atoms with van der Waals surface area (Å²) in [5.41, 5.74) is 4.86. The van der Waals surface area contributed by atoms with Crippen molar-refractivity contribution in [3.05, 3.63) is 51.2 Å². The number of fused-ring (bicyclic) bond motifs is 1. The number of aliphatic hydroxyl groups excluding tert-OH is 1. The van der Waals surface area contributed by atoms with Crippen molar-refractivity contribution < 1.29 is 5.11 Å². The SMILES string of the molecule is Cc1ccc(N2CCc3sccc3C2C)c(CO)c1. The second-order valence-corrected chi connectivity index (χ2v) is 6.21. The fourth-order valence-electron chi connectivity index (χ4n) is 2.96. The summed E-state index contributed by atoms with van der Waals surface area (Å²) in [5, 5.41) is 11.8. The highest BCUT2D eigenvalue weighted by Gasteiger charge is 2.26. The molecule has 0 amide bonds. The van der Waals surface area contributed by atoms with Gasteiger partial charge in [-0.05, 0) is 43.3 Å². The number of aliphatic hydroxyl groups is 1. The highest BCUT2D eigenvalue weighted by atomic mass is 32.1. The first-order valence-corrected chi connectivity index (χ1v) is 7.62. The normalized spacial score (nSPS) is 18.5. The molecule has 3 rings (SSSR count). The molecule has 0 saturated carbocycles. The van der Waals surface area contributed by atoms with E-state index in [9.17, 15) is 5.11 Å². The zero-order valence-electron chi connectivity index (χ0n) is 11.4. The van der Waals surface area contributed by atoms with Crippen LogP contribution in [0.15, 0.2) is 29.6 Å². The molecule has 1 aliphatic heterocycles. The fourth-order valence-corrected chi connectivity index (χ4v) is 3.92. The van der Waals surface area contributed by atoms with Crippen molar-refractivity contribution in [2.45, 2.75) is 32.9 Å². The van der Waals surface area contributed by atoms with Crippen molar-refractivity contribution in [1.82, 2.24) is 0 Å². The topological polar surface area (TPSA) is 23.5 Å². The van der Waals surface area contributed by atoms with Crippen molar-refractivity contribution in [2.24, 2.45) is 0 Å². The zero-order valence-corrected chi connectivity index (χ0v) is 12.2. The summed E-state index contributed by atoms with van der Waals surface area (Å²) in [4.78, 5) is 3.93. The standard InChI is InChI=1S/C16H19NOS/c1-11-3-4-15(13(9-11)10-18)17-7-5-16-14(12(17)2)6-8-19-16/h3-4,6,8-9,12,18H,5,7,10H2,1-2H3. The third kappa shape index (κ3) is 2.17. The van der Waals surface area contributed by atoms with Crippen LogP contribution in [0.3, 0.4) is 0 Å². The Kier molecular flexibility index (Phi) is 3.33. The molecule has 0 saturated heterocycles. The minimum Gasteiger partial charge on any atom is -0.392 e. The third-order valence-corrected chi connectivity index (χ3v) is 4.99. The number of rotatable bonds is 2. The van der Waals surface area contributed by atoms with E-state index in [0.717, 1.165) is 18.5 Å². The van der Waals surface area contributed by atoms with Crippen molar-refractivity contribution in [3.63, 3.8) is 0 Å². The Morgan fingerprint density at radius 3 is 3.00 bits per heavy atom. The summed E-state index contributed by atoms with van der Waals surface area (Å²) in [6.45, 7) is 5.47. The number of hydrogen-bond acceptors (Lipinski definition) is 3. The number of aryl methyl sites for hydroxylation is 1. The monoisotopic (exact) mass is 273 g/mol. The van der Waals surface area contributed by atoms with Gasteiger partial charge in [0.1, 0.15) is 0 Å². The Balaban J connectivity index is 2.00. The van der Waals surface area contributed by atoms with Crippen LogP contribution in [0.4, 0.5) is 5.69 Å². The third-order valence-electron chi connectivity index (χ3n) is 3.99. The van der Waals surface area contributed by atoms with E-state index in [4.69, 9.17) is 0 Å². The number of anilines is 1. The first kappa shape index (κ1) is 12.7. The van der Waals surface area contributed by atoms with Crippen molar-refractivity contribution in [2.75, 3.05) is 11.4 Å². The van der Waals surface area contributed by atoms with E-state index in [1.807, 2.05) is 11.3 Å². The molecule has 3 heteroatoms. The zero-order chi connectivity index (χ0) is 13.4. The van der Waals surface area contributed by atoms with Crippen LogP contribution in [-0.2, 0) is 13.0 Å². The van der Waals surface area contributed by atoms with Crippen molar-refractivity contribution >= 4 is 17.0 Å². The second kappa shape index (κ2) is 4.99. The molecule has 19 heavy (non-hydrogen) atoms. The summed E-state index contributed by atoms with van der Waals surface area (Å²) < 4.78 is 0. The van der Waals surface area contributed by atoms with Crippen LogP contribution >= 0.6 is 11.3 Å². The summed E-state index contributed by atoms with van der Waals surface area (Å²) in [6.07, 6.45) is 1.11. The lowest BCUT2D eigenvalue weighted by atomic mass is 9.99. The molecule has 1 N–H and O–H groups in total. The number of hydrogen-bond donors (Lipinski definition) is 1. The van der Waals surface area contributed by atoms with E-state index < -0.39 is 0 Å². The van der Waals surface area contributed by atoms with E-state index in [-0.39, 0.29) is 6.61 Å². The molecule has 2 nitrogen and oxygen atoms in total. The van der Waals surface area contributed by atoms with Crippen molar-refractivity contribution in [3.8, 4) is 0 Å². The molecule has 2 aromatic rings. The molecule has 0 bridgehead atoms. The summed E-state index contributed by atoms with van der Waals surface area (Å²) >= 11 is 1.86. The Morgan fingerprint density at radius 2 is 2.21 bits per heavy atom. The average molecular weight is 273 g/mol. The van der Waals surface area contributed by atoms with Crippen molar-refractivity contribution in [1.29, 1.82) is 0 Å². The van der Waals surface area contributed by atoms with Gasteiger partial charge in [0.15, 0.2) is 0 Å². The fraction of sp³-hybridized carbons (Fsp3) is 0.375. The van der Waals surface area contributed by atoms with Gasteiger partial charge in [-0.3, -0.25) is 0 Å². The van der Waals surface area contributed by atoms with E-state index in [1.54, 1.807) is 0 Å². The molecule has 1 aromatic carbocycles. The maximum atomic E-state index is 9.59. The van der Waals surface area contributed by atoms with E-state index in [0.29, 0.717) is 6.04 Å². The molecule has 100 valence electrons. The quantitative estimate of drug-likeness (QED) is 0.902. The van der Waals surface area contributed by atoms with Crippen LogP contribution < -0.4 is 4.90 Å². The largest absolute Gasteiger partial charge is 0.392 e. The smallest absolute Gasteiger partial charge is 0.0702 e. The predicted octanol–water partition coefficient (Wildman–Crippen LogP) is 3.67. The average Bonchev–Trinajstić information content (AvgIpc) is 2.89. The molecule has 0 radical (unpaired) electrons. The van der Waals surface area contributed by atoms with Gasteiger partial charge >= 0.3 is 0 Å². The summed E-state index contributed by atoms with van der Waals surface area (Å²) in [7, 11) is 0. The number of benzene rings is 1. The highest BCUT2D eigenvalue weighted by Crippen LogP contribution is 2.37. The number of thiophene rings is 1. The molecule has 0 fully saturated rings. The minimum atomic E-state index is 0.108. The number of nitrogens with zero attached hydrogens (tertiary/aromatic N) is 1. The predicted molar refractivity (Wildman–Crippen MR) is 80.9 cm³/mol. The molecule has 0 spiro atoms. The second-order valence-electron chi connectivity index (χ2n) is 5.21.